The molecule has 4 rings (SSSR count). The predicted molar refractivity (Wildman–Crippen MR) is 125 cm³/mol. The lowest BCUT2D eigenvalue weighted by atomic mass is 9.69. The second kappa shape index (κ2) is 8.49. The van der Waals surface area contributed by atoms with Gasteiger partial charge in [0, 0.05) is 28.2 Å². The van der Waals surface area contributed by atoms with Crippen LogP contribution in [-0.4, -0.2) is 38.7 Å². The van der Waals surface area contributed by atoms with E-state index >= 15 is 0 Å². The zero-order chi connectivity index (χ0) is 24.8. The molecule has 0 bridgehead atoms. The molecule has 4 N–H and O–H groups in total. The molecule has 0 saturated carbocycles. The third-order valence-corrected chi connectivity index (χ3v) is 8.66. The Bertz CT molecular complexity index is 1490. The first-order valence-corrected chi connectivity index (χ1v) is 13.5. The van der Waals surface area contributed by atoms with Crippen LogP contribution in [0, 0.1) is 11.8 Å². The maximum absolute atomic E-state index is 13.4. The number of rotatable bonds is 6. The van der Waals surface area contributed by atoms with Crippen molar-refractivity contribution in [2.45, 2.75) is 18.2 Å². The van der Waals surface area contributed by atoms with Crippen LogP contribution in [0.3, 0.4) is 0 Å². The number of hydrogen-bond acceptors (Lipinski definition) is 8. The standard InChI is InChI=1S/C23H22N2O7S2/c1-2-10-33(28,29)14-7-5-6-13(11-14)25-17-12-18(34(30,31)32)21(24)20-19(17)22(26)15-8-3-4-9-16(15)23(20)27/h3-9,11-12,19-20,25H,2,10,24H2,1H3,(H,30,31,32). The van der Waals surface area contributed by atoms with E-state index in [0.717, 1.165) is 6.08 Å². The number of benzene rings is 2. The first-order chi connectivity index (χ1) is 16.0. The average Bonchev–Trinajstić information content (AvgIpc) is 2.77. The molecule has 0 amide bonds. The van der Waals surface area contributed by atoms with Gasteiger partial charge in [-0.2, -0.15) is 8.42 Å². The Morgan fingerprint density at radius 3 is 2.15 bits per heavy atom. The zero-order valence-corrected chi connectivity index (χ0v) is 19.7. The molecule has 0 radical (unpaired) electrons. The van der Waals surface area contributed by atoms with Gasteiger partial charge >= 0.3 is 0 Å². The maximum atomic E-state index is 13.4. The van der Waals surface area contributed by atoms with E-state index in [2.05, 4.69) is 5.32 Å². The van der Waals surface area contributed by atoms with Gasteiger partial charge in [-0.15, -0.1) is 0 Å². The van der Waals surface area contributed by atoms with E-state index in [1.165, 1.54) is 30.3 Å². The number of nitrogens with two attached hydrogens (primary N) is 1. The van der Waals surface area contributed by atoms with Crippen molar-refractivity contribution in [2.75, 3.05) is 11.1 Å². The molecule has 2 aliphatic carbocycles. The highest BCUT2D eigenvalue weighted by Gasteiger charge is 2.48. The van der Waals surface area contributed by atoms with Crippen LogP contribution in [0.15, 0.2) is 75.8 Å². The van der Waals surface area contributed by atoms with Gasteiger partial charge in [-0.05, 0) is 30.7 Å². The summed E-state index contributed by atoms with van der Waals surface area (Å²) in [4.78, 5) is 26.0. The van der Waals surface area contributed by atoms with Crippen molar-refractivity contribution in [2.24, 2.45) is 17.6 Å². The van der Waals surface area contributed by atoms with Crippen LogP contribution in [-0.2, 0) is 20.0 Å². The largest absolute Gasteiger partial charge is 0.400 e. The Morgan fingerprint density at radius 1 is 0.941 bits per heavy atom. The van der Waals surface area contributed by atoms with E-state index in [1.807, 2.05) is 0 Å². The summed E-state index contributed by atoms with van der Waals surface area (Å²) in [7, 11) is -8.37. The number of fused-ring (bicyclic) bond motifs is 2. The van der Waals surface area contributed by atoms with E-state index in [9.17, 15) is 31.0 Å². The molecule has 2 atom stereocenters. The summed E-state index contributed by atoms with van der Waals surface area (Å²) in [6.45, 7) is 1.74. The lowest BCUT2D eigenvalue weighted by Crippen LogP contribution is -2.44. The predicted octanol–water partition coefficient (Wildman–Crippen LogP) is 2.55. The molecule has 2 aliphatic rings. The summed E-state index contributed by atoms with van der Waals surface area (Å²) in [5.74, 6) is -3.58. The first kappa shape index (κ1) is 23.9. The molecule has 0 saturated heterocycles. The number of allylic oxidation sites excluding steroid dienone is 3. The van der Waals surface area contributed by atoms with Crippen LogP contribution in [0.2, 0.25) is 0 Å². The van der Waals surface area contributed by atoms with E-state index in [1.54, 1.807) is 25.1 Å². The number of sulfone groups is 1. The maximum Gasteiger partial charge on any atom is 0.296 e. The highest BCUT2D eigenvalue weighted by Crippen LogP contribution is 2.42. The van der Waals surface area contributed by atoms with Crippen molar-refractivity contribution in [3.63, 3.8) is 0 Å². The summed E-state index contributed by atoms with van der Waals surface area (Å²) in [5.41, 5.74) is 6.14. The molecule has 2 aromatic carbocycles. The lowest BCUT2D eigenvalue weighted by molar-refractivity contribution is 0.0785. The van der Waals surface area contributed by atoms with Gasteiger partial charge in [-0.25, -0.2) is 8.42 Å². The van der Waals surface area contributed by atoms with Gasteiger partial charge in [-0.1, -0.05) is 37.3 Å². The second-order valence-electron chi connectivity index (χ2n) is 8.10. The fraction of sp³-hybridized carbons (Fsp3) is 0.217. The van der Waals surface area contributed by atoms with Gasteiger partial charge in [0.25, 0.3) is 10.1 Å². The number of hydrogen-bond donors (Lipinski definition) is 3. The van der Waals surface area contributed by atoms with Crippen LogP contribution in [0.1, 0.15) is 34.1 Å². The van der Waals surface area contributed by atoms with Crippen LogP contribution < -0.4 is 11.1 Å². The van der Waals surface area contributed by atoms with Crippen LogP contribution >= 0.6 is 0 Å². The summed E-state index contributed by atoms with van der Waals surface area (Å²) in [5, 5.41) is 2.90. The summed E-state index contributed by atoms with van der Waals surface area (Å²) in [6.07, 6.45) is 1.44. The Labute approximate surface area is 197 Å². The van der Waals surface area contributed by atoms with E-state index in [0.29, 0.717) is 6.42 Å². The minimum atomic E-state index is -4.83. The Hall–Kier alpha value is -3.28. The SMILES string of the molecule is CCCS(=O)(=O)c1cccc(NC2=CC(S(=O)(=O)O)=C(N)C3C(=O)c4ccccc4C(=O)C23)c1. The number of ketones is 2. The van der Waals surface area contributed by atoms with Gasteiger partial charge in [-0.3, -0.25) is 14.1 Å². The molecular formula is C23H22N2O7S2. The quantitative estimate of drug-likeness (QED) is 0.504. The minimum Gasteiger partial charge on any atom is -0.400 e. The van der Waals surface area contributed by atoms with Crippen molar-refractivity contribution in [1.29, 1.82) is 0 Å². The molecule has 0 aliphatic heterocycles. The highest BCUT2D eigenvalue weighted by molar-refractivity contribution is 7.91. The van der Waals surface area contributed by atoms with Crippen LogP contribution in [0.4, 0.5) is 5.69 Å². The Kier molecular flexibility index (Phi) is 5.96. The molecule has 34 heavy (non-hydrogen) atoms. The number of carbonyl (C=O) groups is 2. The van der Waals surface area contributed by atoms with Crippen molar-refractivity contribution < 1.29 is 31.0 Å². The molecule has 0 spiro atoms. The smallest absolute Gasteiger partial charge is 0.296 e. The Balaban J connectivity index is 1.86. The second-order valence-corrected chi connectivity index (χ2v) is 11.6. The molecule has 0 fully saturated rings. The van der Waals surface area contributed by atoms with E-state index in [-0.39, 0.29) is 33.2 Å². The number of carbonyl (C=O) groups excluding carboxylic acids is 2. The first-order valence-electron chi connectivity index (χ1n) is 10.4. The molecule has 2 unspecified atom stereocenters. The minimum absolute atomic E-state index is 0.00437. The molecule has 11 heteroatoms. The normalized spacial score (nSPS) is 20.5. The van der Waals surface area contributed by atoms with Gasteiger partial charge in [0.1, 0.15) is 4.91 Å². The molecule has 9 nitrogen and oxygen atoms in total. The fourth-order valence-electron chi connectivity index (χ4n) is 4.32. The molecule has 0 heterocycles. The third-order valence-electron chi connectivity index (χ3n) is 5.83. The van der Waals surface area contributed by atoms with Crippen LogP contribution in [0.5, 0.6) is 0 Å². The molecule has 2 aromatic rings. The fourth-order valence-corrected chi connectivity index (χ4v) is 6.38. The van der Waals surface area contributed by atoms with Crippen molar-refractivity contribution in [3.05, 3.63) is 82.0 Å². The Morgan fingerprint density at radius 2 is 1.56 bits per heavy atom. The van der Waals surface area contributed by atoms with Gasteiger partial charge < -0.3 is 11.1 Å². The zero-order valence-electron chi connectivity index (χ0n) is 18.1. The molecule has 178 valence electrons. The van der Waals surface area contributed by atoms with Crippen LogP contribution in [0.25, 0.3) is 0 Å². The molecular weight excluding hydrogens is 480 g/mol. The summed E-state index contributed by atoms with van der Waals surface area (Å²) in [6, 6.07) is 12.0. The third kappa shape index (κ3) is 4.06. The van der Waals surface area contributed by atoms with Gasteiger partial charge in [0.15, 0.2) is 21.4 Å². The number of anilines is 1. The average molecular weight is 503 g/mol. The monoisotopic (exact) mass is 502 g/mol. The highest BCUT2D eigenvalue weighted by atomic mass is 32.2. The van der Waals surface area contributed by atoms with E-state index < -0.39 is 54.0 Å². The number of Topliss-reactive ketones (excluding diaryl/α,β-unsaturated/α-hetero) is 2. The lowest BCUT2D eigenvalue weighted by Gasteiger charge is -2.36. The topological polar surface area (TPSA) is 161 Å². The molecule has 0 aromatic heterocycles. The summed E-state index contributed by atoms with van der Waals surface area (Å²) >= 11 is 0. The number of nitrogens with one attached hydrogen (secondary N) is 1. The van der Waals surface area contributed by atoms with E-state index in [4.69, 9.17) is 5.73 Å². The van der Waals surface area contributed by atoms with Crippen molar-refractivity contribution >= 4 is 37.2 Å². The van der Waals surface area contributed by atoms with Gasteiger partial charge in [0.05, 0.1) is 22.5 Å². The van der Waals surface area contributed by atoms with Crippen molar-refractivity contribution in [3.8, 4) is 0 Å². The summed E-state index contributed by atoms with van der Waals surface area (Å²) < 4.78 is 58.8. The van der Waals surface area contributed by atoms with Crippen molar-refractivity contribution in [1.82, 2.24) is 0 Å². The van der Waals surface area contributed by atoms with Gasteiger partial charge in [0.2, 0.25) is 0 Å².